The summed E-state index contributed by atoms with van der Waals surface area (Å²) in [6.07, 6.45) is 7.04. The molecule has 2 aromatic carbocycles. The lowest BCUT2D eigenvalue weighted by atomic mass is 10.1. The molecule has 1 fully saturated rings. The third kappa shape index (κ3) is 3.57. The summed E-state index contributed by atoms with van der Waals surface area (Å²) in [6, 6.07) is 13.7. The molecule has 0 aromatic heterocycles. The molecule has 29 heavy (non-hydrogen) atoms. The lowest BCUT2D eigenvalue weighted by molar-refractivity contribution is 0.363. The van der Waals surface area contributed by atoms with Crippen molar-refractivity contribution in [3.05, 3.63) is 77.4 Å². The van der Waals surface area contributed by atoms with E-state index in [1.54, 1.807) is 0 Å². The second-order valence-electron chi connectivity index (χ2n) is 9.09. The van der Waals surface area contributed by atoms with Gasteiger partial charge in [-0.1, -0.05) is 73.8 Å². The standard InChI is InChI=1S/C26H33NOSi/c1-6-15-28-26-20(3)16-19(2)17-25(26)29(4,5)24-18-23(27-13-9-10-14-27)21-11-7-8-12-22(21)24/h6-8,11-12,16-18,24H,1,9-10,13-15H2,2-5H3. The fourth-order valence-electron chi connectivity index (χ4n) is 5.10. The summed E-state index contributed by atoms with van der Waals surface area (Å²) in [5, 5.41) is 1.43. The maximum absolute atomic E-state index is 6.22. The maximum Gasteiger partial charge on any atom is 0.121 e. The molecule has 1 aliphatic carbocycles. The van der Waals surface area contributed by atoms with E-state index < -0.39 is 8.07 Å². The molecule has 0 bridgehead atoms. The molecule has 1 saturated heterocycles. The van der Waals surface area contributed by atoms with Crippen LogP contribution in [0.15, 0.2) is 55.1 Å². The minimum Gasteiger partial charge on any atom is -0.489 e. The van der Waals surface area contributed by atoms with Crippen molar-refractivity contribution >= 4 is 19.0 Å². The Morgan fingerprint density at radius 3 is 2.59 bits per heavy atom. The van der Waals surface area contributed by atoms with E-state index in [1.165, 1.54) is 59.1 Å². The number of ether oxygens (including phenoxy) is 1. The molecule has 2 aliphatic rings. The van der Waals surface area contributed by atoms with Crippen LogP contribution in [0.1, 0.15) is 40.6 Å². The summed E-state index contributed by atoms with van der Waals surface area (Å²) in [6.45, 7) is 16.2. The van der Waals surface area contributed by atoms with Crippen LogP contribution in [-0.4, -0.2) is 32.7 Å². The van der Waals surface area contributed by atoms with Gasteiger partial charge in [0, 0.05) is 29.9 Å². The van der Waals surface area contributed by atoms with Crippen molar-refractivity contribution in [1.82, 2.24) is 4.90 Å². The first-order valence-electron chi connectivity index (χ1n) is 10.8. The topological polar surface area (TPSA) is 12.5 Å². The van der Waals surface area contributed by atoms with E-state index in [0.717, 1.165) is 5.75 Å². The third-order valence-corrected chi connectivity index (χ3v) is 10.4. The van der Waals surface area contributed by atoms with Crippen LogP contribution in [0.5, 0.6) is 5.75 Å². The Hall–Kier alpha value is -2.26. The Balaban J connectivity index is 1.82. The summed E-state index contributed by atoms with van der Waals surface area (Å²) in [4.78, 5) is 2.60. The van der Waals surface area contributed by atoms with Gasteiger partial charge >= 0.3 is 0 Å². The van der Waals surface area contributed by atoms with Crippen LogP contribution in [0.3, 0.4) is 0 Å². The SMILES string of the molecule is C=CCOc1c(C)cc(C)cc1[Si](C)(C)C1C=C(N2CCCC2)c2ccccc21. The first-order chi connectivity index (χ1) is 13.9. The smallest absolute Gasteiger partial charge is 0.121 e. The Morgan fingerprint density at radius 1 is 1.14 bits per heavy atom. The van der Waals surface area contributed by atoms with Gasteiger partial charge in [0.05, 0.1) is 8.07 Å². The monoisotopic (exact) mass is 403 g/mol. The normalized spacial score (nSPS) is 18.6. The van der Waals surface area contributed by atoms with Crippen LogP contribution in [0.2, 0.25) is 13.1 Å². The van der Waals surface area contributed by atoms with Crippen molar-refractivity contribution in [1.29, 1.82) is 0 Å². The van der Waals surface area contributed by atoms with Gasteiger partial charge in [-0.25, -0.2) is 0 Å². The van der Waals surface area contributed by atoms with Gasteiger partial charge in [-0.2, -0.15) is 0 Å². The first-order valence-corrected chi connectivity index (χ1v) is 13.9. The highest BCUT2D eigenvalue weighted by Crippen LogP contribution is 2.44. The second-order valence-corrected chi connectivity index (χ2v) is 13.7. The minimum atomic E-state index is -1.91. The van der Waals surface area contributed by atoms with Gasteiger partial charge in [-0.05, 0) is 43.0 Å². The molecule has 1 atom stereocenters. The summed E-state index contributed by atoms with van der Waals surface area (Å²) >= 11 is 0. The van der Waals surface area contributed by atoms with Gasteiger partial charge in [0.25, 0.3) is 0 Å². The molecular formula is C26H33NOSi. The quantitative estimate of drug-likeness (QED) is 0.463. The number of fused-ring (bicyclic) bond motifs is 1. The molecule has 152 valence electrons. The van der Waals surface area contributed by atoms with Gasteiger partial charge in [0.2, 0.25) is 0 Å². The number of benzene rings is 2. The average Bonchev–Trinajstić information content (AvgIpc) is 3.34. The Kier molecular flexibility index (Phi) is 5.43. The Bertz CT molecular complexity index is 953. The lowest BCUT2D eigenvalue weighted by Crippen LogP contribution is -2.48. The highest BCUT2D eigenvalue weighted by atomic mass is 28.3. The molecule has 1 aliphatic heterocycles. The fourth-order valence-corrected chi connectivity index (χ4v) is 8.50. The molecule has 0 spiro atoms. The average molecular weight is 404 g/mol. The zero-order valence-corrected chi connectivity index (χ0v) is 19.3. The van der Waals surface area contributed by atoms with E-state index in [-0.39, 0.29) is 0 Å². The van der Waals surface area contributed by atoms with E-state index in [2.05, 4.69) is 80.9 Å². The number of hydrogen-bond acceptors (Lipinski definition) is 2. The highest BCUT2D eigenvalue weighted by Gasteiger charge is 2.41. The van der Waals surface area contributed by atoms with Crippen molar-refractivity contribution < 1.29 is 4.74 Å². The number of likely N-dealkylation sites (tertiary alicyclic amines) is 1. The zero-order valence-electron chi connectivity index (χ0n) is 18.3. The van der Waals surface area contributed by atoms with Crippen LogP contribution < -0.4 is 9.92 Å². The highest BCUT2D eigenvalue weighted by molar-refractivity contribution is 6.92. The van der Waals surface area contributed by atoms with E-state index in [9.17, 15) is 0 Å². The maximum atomic E-state index is 6.22. The molecule has 0 amide bonds. The van der Waals surface area contributed by atoms with Crippen LogP contribution in [0, 0.1) is 13.8 Å². The summed E-state index contributed by atoms with van der Waals surface area (Å²) in [5.41, 5.74) is 7.41. The minimum absolute atomic E-state index is 0.460. The van der Waals surface area contributed by atoms with Gasteiger partial charge in [0.15, 0.2) is 0 Å². The number of hydrogen-bond donors (Lipinski definition) is 0. The lowest BCUT2D eigenvalue weighted by Gasteiger charge is -2.32. The van der Waals surface area contributed by atoms with Crippen molar-refractivity contribution in [3.63, 3.8) is 0 Å². The predicted molar refractivity (Wildman–Crippen MR) is 127 cm³/mol. The Morgan fingerprint density at radius 2 is 1.86 bits per heavy atom. The molecule has 0 N–H and O–H groups in total. The number of allylic oxidation sites excluding steroid dienone is 1. The van der Waals surface area contributed by atoms with Gasteiger partial charge in [-0.3, -0.25) is 0 Å². The number of rotatable bonds is 6. The molecule has 4 rings (SSSR count). The van der Waals surface area contributed by atoms with Crippen LogP contribution in [0.4, 0.5) is 0 Å². The van der Waals surface area contributed by atoms with Crippen LogP contribution in [-0.2, 0) is 0 Å². The van der Waals surface area contributed by atoms with E-state index in [1.807, 2.05) is 6.08 Å². The van der Waals surface area contributed by atoms with Crippen LogP contribution in [0.25, 0.3) is 5.70 Å². The number of nitrogens with zero attached hydrogens (tertiary/aromatic N) is 1. The molecule has 1 heterocycles. The summed E-state index contributed by atoms with van der Waals surface area (Å²) in [7, 11) is -1.91. The largest absolute Gasteiger partial charge is 0.489 e. The molecule has 3 heteroatoms. The second kappa shape index (κ2) is 7.87. The summed E-state index contributed by atoms with van der Waals surface area (Å²) < 4.78 is 6.22. The van der Waals surface area contributed by atoms with Crippen molar-refractivity contribution in [2.75, 3.05) is 19.7 Å². The molecule has 2 aromatic rings. The molecular weight excluding hydrogens is 370 g/mol. The molecule has 0 saturated carbocycles. The van der Waals surface area contributed by atoms with Gasteiger partial charge in [-0.15, -0.1) is 0 Å². The molecule has 2 nitrogen and oxygen atoms in total. The zero-order chi connectivity index (χ0) is 20.6. The van der Waals surface area contributed by atoms with E-state index in [0.29, 0.717) is 12.1 Å². The third-order valence-electron chi connectivity index (χ3n) is 6.58. The predicted octanol–water partition coefficient (Wildman–Crippen LogP) is 5.56. The summed E-state index contributed by atoms with van der Waals surface area (Å²) in [5.74, 6) is 1.08. The van der Waals surface area contributed by atoms with Crippen molar-refractivity contribution in [2.24, 2.45) is 0 Å². The molecule has 1 unspecified atom stereocenters. The fraction of sp³-hybridized carbons (Fsp3) is 0.385. The number of aryl methyl sites for hydroxylation is 2. The first kappa shape index (κ1) is 20.0. The van der Waals surface area contributed by atoms with E-state index in [4.69, 9.17) is 4.74 Å². The van der Waals surface area contributed by atoms with Crippen molar-refractivity contribution in [2.45, 2.75) is 45.3 Å². The van der Waals surface area contributed by atoms with Gasteiger partial charge in [0.1, 0.15) is 12.4 Å². The Labute approximate surface area is 176 Å². The van der Waals surface area contributed by atoms with E-state index >= 15 is 0 Å². The van der Waals surface area contributed by atoms with Gasteiger partial charge < -0.3 is 9.64 Å². The van der Waals surface area contributed by atoms with Crippen molar-refractivity contribution in [3.8, 4) is 5.75 Å². The molecule has 0 radical (unpaired) electrons. The van der Waals surface area contributed by atoms with Crippen LogP contribution >= 0.6 is 0 Å².